The van der Waals surface area contributed by atoms with Gasteiger partial charge in [0.15, 0.2) is 0 Å². The zero-order valence-electron chi connectivity index (χ0n) is 7.80. The molecule has 0 aliphatic carbocycles. The summed E-state index contributed by atoms with van der Waals surface area (Å²) in [6, 6.07) is 6.21. The first kappa shape index (κ1) is 8.99. The van der Waals surface area contributed by atoms with Crippen molar-refractivity contribution in [3.8, 4) is 0 Å². The lowest BCUT2D eigenvalue weighted by Gasteiger charge is -2.23. The molecule has 4 heteroatoms. The lowest BCUT2D eigenvalue weighted by molar-refractivity contribution is 0.245. The fraction of sp³-hybridized carbons (Fsp3) is 0.300. The summed E-state index contributed by atoms with van der Waals surface area (Å²) in [5.74, 6) is -0.293. The zero-order chi connectivity index (χ0) is 10.2. The topological polar surface area (TPSA) is 41.1 Å². The average molecular weight is 194 g/mol. The molecule has 1 aliphatic rings. The van der Waals surface area contributed by atoms with Gasteiger partial charge in [-0.1, -0.05) is 18.2 Å². The quantitative estimate of drug-likeness (QED) is 0.696. The van der Waals surface area contributed by atoms with E-state index in [0.29, 0.717) is 12.1 Å². The van der Waals surface area contributed by atoms with Crippen LogP contribution in [0.4, 0.5) is 9.18 Å². The molecule has 74 valence electrons. The molecular formula is C10H11FN2O. The van der Waals surface area contributed by atoms with E-state index >= 15 is 0 Å². The molecule has 2 amide bonds. The molecule has 1 aliphatic heterocycles. The summed E-state index contributed by atoms with van der Waals surface area (Å²) in [6.45, 7) is 2.20. The third-order valence-electron chi connectivity index (χ3n) is 2.46. The normalized spacial score (nSPS) is 25.7. The predicted octanol–water partition coefficient (Wildman–Crippen LogP) is 1.35. The second-order valence-electron chi connectivity index (χ2n) is 3.62. The Hall–Kier alpha value is -1.58. The smallest absolute Gasteiger partial charge is 0.315 e. The molecule has 3 nitrogen and oxygen atoms in total. The maximum absolute atomic E-state index is 13.4. The monoisotopic (exact) mass is 194 g/mol. The lowest BCUT2D eigenvalue weighted by Crippen LogP contribution is -2.38. The van der Waals surface area contributed by atoms with Gasteiger partial charge in [0.05, 0.1) is 5.54 Å². The third-order valence-corrected chi connectivity index (χ3v) is 2.46. The molecule has 1 fully saturated rings. The fourth-order valence-corrected chi connectivity index (χ4v) is 1.67. The summed E-state index contributed by atoms with van der Waals surface area (Å²) in [5, 5.41) is 5.32. The predicted molar refractivity (Wildman–Crippen MR) is 50.3 cm³/mol. The van der Waals surface area contributed by atoms with Gasteiger partial charge in [0.1, 0.15) is 5.82 Å². The van der Waals surface area contributed by atoms with E-state index in [-0.39, 0.29) is 11.8 Å². The molecule has 1 saturated heterocycles. The van der Waals surface area contributed by atoms with Crippen molar-refractivity contribution in [2.75, 3.05) is 6.54 Å². The van der Waals surface area contributed by atoms with Crippen LogP contribution in [0.25, 0.3) is 0 Å². The van der Waals surface area contributed by atoms with E-state index in [1.54, 1.807) is 25.1 Å². The number of benzene rings is 1. The van der Waals surface area contributed by atoms with Crippen LogP contribution in [0.15, 0.2) is 24.3 Å². The summed E-state index contributed by atoms with van der Waals surface area (Å²) in [6.07, 6.45) is 0. The summed E-state index contributed by atoms with van der Waals surface area (Å²) < 4.78 is 13.4. The summed E-state index contributed by atoms with van der Waals surface area (Å²) in [5.41, 5.74) is -0.124. The first-order valence-electron chi connectivity index (χ1n) is 4.43. The van der Waals surface area contributed by atoms with Crippen molar-refractivity contribution >= 4 is 6.03 Å². The second kappa shape index (κ2) is 2.97. The number of halogens is 1. The van der Waals surface area contributed by atoms with E-state index in [2.05, 4.69) is 10.6 Å². The number of rotatable bonds is 1. The highest BCUT2D eigenvalue weighted by Crippen LogP contribution is 2.24. The number of hydrogen-bond donors (Lipinski definition) is 2. The number of nitrogens with one attached hydrogen (secondary N) is 2. The number of hydrogen-bond acceptors (Lipinski definition) is 1. The van der Waals surface area contributed by atoms with Gasteiger partial charge in [0.25, 0.3) is 0 Å². The molecular weight excluding hydrogens is 183 g/mol. The lowest BCUT2D eigenvalue weighted by atomic mass is 9.93. The highest BCUT2D eigenvalue weighted by molar-refractivity contribution is 5.77. The van der Waals surface area contributed by atoms with Gasteiger partial charge in [0, 0.05) is 12.1 Å². The molecule has 0 bridgehead atoms. The van der Waals surface area contributed by atoms with Gasteiger partial charge in [-0.25, -0.2) is 9.18 Å². The molecule has 0 radical (unpaired) electrons. The molecule has 1 unspecified atom stereocenters. The Morgan fingerprint density at radius 1 is 1.43 bits per heavy atom. The Morgan fingerprint density at radius 2 is 2.14 bits per heavy atom. The molecule has 14 heavy (non-hydrogen) atoms. The first-order chi connectivity index (χ1) is 6.62. The van der Waals surface area contributed by atoms with Gasteiger partial charge in [-0.2, -0.15) is 0 Å². The van der Waals surface area contributed by atoms with Crippen LogP contribution in [-0.4, -0.2) is 12.6 Å². The molecule has 2 N–H and O–H groups in total. The number of urea groups is 1. The highest BCUT2D eigenvalue weighted by atomic mass is 19.1. The minimum atomic E-state index is -0.636. The van der Waals surface area contributed by atoms with Crippen molar-refractivity contribution < 1.29 is 9.18 Å². The molecule has 0 spiro atoms. The van der Waals surface area contributed by atoms with E-state index < -0.39 is 5.54 Å². The van der Waals surface area contributed by atoms with Crippen molar-refractivity contribution in [1.82, 2.24) is 10.6 Å². The van der Waals surface area contributed by atoms with Crippen LogP contribution in [0.2, 0.25) is 0 Å². The van der Waals surface area contributed by atoms with Crippen LogP contribution in [0.3, 0.4) is 0 Å². The molecule has 0 saturated carbocycles. The Labute approximate surface area is 81.3 Å². The van der Waals surface area contributed by atoms with Crippen LogP contribution >= 0.6 is 0 Å². The van der Waals surface area contributed by atoms with Crippen LogP contribution in [0.5, 0.6) is 0 Å². The van der Waals surface area contributed by atoms with Gasteiger partial charge in [-0.3, -0.25) is 0 Å². The van der Waals surface area contributed by atoms with Crippen LogP contribution in [-0.2, 0) is 5.54 Å². The number of carbonyl (C=O) groups is 1. The first-order valence-corrected chi connectivity index (χ1v) is 4.43. The van der Waals surface area contributed by atoms with Crippen molar-refractivity contribution in [1.29, 1.82) is 0 Å². The number of carbonyl (C=O) groups excluding carboxylic acids is 1. The SMILES string of the molecule is CC1(c2ccccc2F)CNC(=O)N1. The molecule has 0 aromatic heterocycles. The van der Waals surface area contributed by atoms with Gasteiger partial charge < -0.3 is 10.6 Å². The molecule has 2 rings (SSSR count). The van der Waals surface area contributed by atoms with Gasteiger partial charge in [-0.05, 0) is 13.0 Å². The minimum absolute atomic E-state index is 0.254. The summed E-state index contributed by atoms with van der Waals surface area (Å²) >= 11 is 0. The van der Waals surface area contributed by atoms with E-state index in [0.717, 1.165) is 0 Å². The average Bonchev–Trinajstić information content (AvgIpc) is 2.48. The second-order valence-corrected chi connectivity index (χ2v) is 3.62. The Bertz CT molecular complexity index is 380. The fourth-order valence-electron chi connectivity index (χ4n) is 1.67. The largest absolute Gasteiger partial charge is 0.335 e. The Balaban J connectivity index is 2.40. The Kier molecular flexibility index (Phi) is 1.91. The number of amides is 2. The van der Waals surface area contributed by atoms with Gasteiger partial charge in [-0.15, -0.1) is 0 Å². The van der Waals surface area contributed by atoms with Gasteiger partial charge >= 0.3 is 6.03 Å². The molecule has 1 atom stereocenters. The highest BCUT2D eigenvalue weighted by Gasteiger charge is 2.36. The zero-order valence-corrected chi connectivity index (χ0v) is 7.80. The van der Waals surface area contributed by atoms with E-state index in [1.807, 2.05) is 0 Å². The summed E-state index contributed by atoms with van der Waals surface area (Å²) in [7, 11) is 0. The van der Waals surface area contributed by atoms with Crippen molar-refractivity contribution in [2.45, 2.75) is 12.5 Å². The third kappa shape index (κ3) is 1.32. The molecule has 1 heterocycles. The van der Waals surface area contributed by atoms with E-state index in [4.69, 9.17) is 0 Å². The standard InChI is InChI=1S/C10H11FN2O/c1-10(6-12-9(14)13-10)7-4-2-3-5-8(7)11/h2-5H,6H2,1H3,(H2,12,13,14). The van der Waals surface area contributed by atoms with Crippen LogP contribution < -0.4 is 10.6 Å². The van der Waals surface area contributed by atoms with Crippen LogP contribution in [0, 0.1) is 5.82 Å². The van der Waals surface area contributed by atoms with Crippen molar-refractivity contribution in [2.24, 2.45) is 0 Å². The minimum Gasteiger partial charge on any atom is -0.335 e. The Morgan fingerprint density at radius 3 is 2.71 bits per heavy atom. The summed E-state index contributed by atoms with van der Waals surface area (Å²) in [4.78, 5) is 11.0. The molecule has 1 aromatic rings. The maximum atomic E-state index is 13.4. The van der Waals surface area contributed by atoms with Gasteiger partial charge in [0.2, 0.25) is 0 Å². The maximum Gasteiger partial charge on any atom is 0.315 e. The molecule has 1 aromatic carbocycles. The van der Waals surface area contributed by atoms with Crippen molar-refractivity contribution in [3.05, 3.63) is 35.6 Å². The van der Waals surface area contributed by atoms with Crippen molar-refractivity contribution in [3.63, 3.8) is 0 Å². The van der Waals surface area contributed by atoms with Crippen LogP contribution in [0.1, 0.15) is 12.5 Å². The van der Waals surface area contributed by atoms with E-state index in [9.17, 15) is 9.18 Å². The van der Waals surface area contributed by atoms with E-state index in [1.165, 1.54) is 6.07 Å².